The SMILES string of the molecule is CC1(C)OB(c2ccc(O)c(/C=C/C(N)=O)c2)OC1(C)C. The normalized spacial score (nSPS) is 20.1. The highest BCUT2D eigenvalue weighted by Gasteiger charge is 2.51. The third-order valence-corrected chi connectivity index (χ3v) is 4.00. The minimum absolute atomic E-state index is 0.0627. The van der Waals surface area contributed by atoms with Gasteiger partial charge < -0.3 is 20.1 Å². The van der Waals surface area contributed by atoms with E-state index in [1.54, 1.807) is 18.2 Å². The molecule has 1 aliphatic heterocycles. The summed E-state index contributed by atoms with van der Waals surface area (Å²) in [4.78, 5) is 10.8. The molecule has 1 aromatic rings. The van der Waals surface area contributed by atoms with Crippen LogP contribution in [0.2, 0.25) is 0 Å². The van der Waals surface area contributed by atoms with Crippen LogP contribution in [0.4, 0.5) is 0 Å². The average molecular weight is 289 g/mol. The molecule has 112 valence electrons. The minimum Gasteiger partial charge on any atom is -0.507 e. The first kappa shape index (κ1) is 15.6. The van der Waals surface area contributed by atoms with Crippen molar-refractivity contribution in [2.75, 3.05) is 0 Å². The lowest BCUT2D eigenvalue weighted by molar-refractivity contribution is -0.113. The number of phenolic OH excluding ortho intramolecular Hbond substituents is 1. The van der Waals surface area contributed by atoms with Gasteiger partial charge in [-0.05, 0) is 45.3 Å². The Bertz CT molecular complexity index is 579. The van der Waals surface area contributed by atoms with E-state index in [4.69, 9.17) is 15.0 Å². The molecule has 21 heavy (non-hydrogen) atoms. The van der Waals surface area contributed by atoms with Gasteiger partial charge in [0.25, 0.3) is 0 Å². The molecule has 1 amide bonds. The van der Waals surface area contributed by atoms with Crippen molar-refractivity contribution in [1.82, 2.24) is 0 Å². The molecule has 0 saturated carbocycles. The number of carbonyl (C=O) groups excluding carboxylic acids is 1. The lowest BCUT2D eigenvalue weighted by Gasteiger charge is -2.32. The molecule has 0 spiro atoms. The summed E-state index contributed by atoms with van der Waals surface area (Å²) in [5.41, 5.74) is 5.46. The fraction of sp³-hybridized carbons (Fsp3) is 0.400. The first-order valence-electron chi connectivity index (χ1n) is 6.78. The summed E-state index contributed by atoms with van der Waals surface area (Å²) in [5, 5.41) is 9.81. The topological polar surface area (TPSA) is 81.8 Å². The van der Waals surface area contributed by atoms with E-state index < -0.39 is 24.2 Å². The van der Waals surface area contributed by atoms with Crippen molar-refractivity contribution in [3.8, 4) is 5.75 Å². The summed E-state index contributed by atoms with van der Waals surface area (Å²) in [7, 11) is -0.517. The first-order chi connectivity index (χ1) is 9.62. The Morgan fingerprint density at radius 3 is 2.33 bits per heavy atom. The zero-order valence-corrected chi connectivity index (χ0v) is 12.7. The van der Waals surface area contributed by atoms with Crippen LogP contribution >= 0.6 is 0 Å². The fourth-order valence-corrected chi connectivity index (χ4v) is 2.00. The van der Waals surface area contributed by atoms with Crippen LogP contribution in [-0.2, 0) is 14.1 Å². The van der Waals surface area contributed by atoms with Gasteiger partial charge in [-0.2, -0.15) is 0 Å². The van der Waals surface area contributed by atoms with Crippen molar-refractivity contribution in [2.45, 2.75) is 38.9 Å². The summed E-state index contributed by atoms with van der Waals surface area (Å²) in [6.45, 7) is 7.89. The quantitative estimate of drug-likeness (QED) is 0.647. The Morgan fingerprint density at radius 2 is 1.81 bits per heavy atom. The fourth-order valence-electron chi connectivity index (χ4n) is 2.00. The second-order valence-electron chi connectivity index (χ2n) is 6.14. The number of aromatic hydroxyl groups is 1. The second kappa shape index (κ2) is 5.20. The largest absolute Gasteiger partial charge is 0.507 e. The molecule has 0 aromatic heterocycles. The van der Waals surface area contributed by atoms with Gasteiger partial charge in [0.1, 0.15) is 5.75 Å². The van der Waals surface area contributed by atoms with Crippen LogP contribution in [0.25, 0.3) is 6.08 Å². The van der Waals surface area contributed by atoms with Crippen LogP contribution in [-0.4, -0.2) is 29.3 Å². The molecule has 0 radical (unpaired) electrons. The maximum atomic E-state index is 10.8. The van der Waals surface area contributed by atoms with E-state index in [0.717, 1.165) is 5.46 Å². The summed E-state index contributed by atoms with van der Waals surface area (Å²) in [6.07, 6.45) is 2.66. The van der Waals surface area contributed by atoms with Gasteiger partial charge in [-0.25, -0.2) is 0 Å². The Kier molecular flexibility index (Phi) is 3.86. The molecule has 1 aliphatic rings. The average Bonchev–Trinajstić information content (AvgIpc) is 2.57. The molecule has 5 nitrogen and oxygen atoms in total. The number of nitrogens with two attached hydrogens (primary N) is 1. The van der Waals surface area contributed by atoms with Crippen LogP contribution in [0.1, 0.15) is 33.3 Å². The van der Waals surface area contributed by atoms with Gasteiger partial charge in [-0.15, -0.1) is 0 Å². The molecule has 3 N–H and O–H groups in total. The van der Waals surface area contributed by atoms with Gasteiger partial charge in [-0.3, -0.25) is 4.79 Å². The summed E-state index contributed by atoms with van der Waals surface area (Å²) in [6, 6.07) is 5.00. The highest BCUT2D eigenvalue weighted by molar-refractivity contribution is 6.62. The van der Waals surface area contributed by atoms with E-state index in [-0.39, 0.29) is 5.75 Å². The zero-order valence-electron chi connectivity index (χ0n) is 12.7. The van der Waals surface area contributed by atoms with Gasteiger partial charge in [0, 0.05) is 11.6 Å². The summed E-state index contributed by atoms with van der Waals surface area (Å²) in [5.74, 6) is -0.511. The molecule has 0 atom stereocenters. The van der Waals surface area contributed by atoms with E-state index in [1.165, 1.54) is 12.2 Å². The van der Waals surface area contributed by atoms with Crippen LogP contribution in [0.5, 0.6) is 5.75 Å². The predicted molar refractivity (Wildman–Crippen MR) is 82.1 cm³/mol. The number of phenols is 1. The first-order valence-corrected chi connectivity index (χ1v) is 6.78. The third kappa shape index (κ3) is 3.11. The van der Waals surface area contributed by atoms with Gasteiger partial charge in [0.15, 0.2) is 0 Å². The maximum absolute atomic E-state index is 10.8. The molecular weight excluding hydrogens is 269 g/mol. The van der Waals surface area contributed by atoms with E-state index in [2.05, 4.69) is 0 Å². The van der Waals surface area contributed by atoms with Crippen molar-refractivity contribution < 1.29 is 19.2 Å². The number of carbonyl (C=O) groups is 1. The highest BCUT2D eigenvalue weighted by Crippen LogP contribution is 2.36. The Morgan fingerprint density at radius 1 is 1.24 bits per heavy atom. The van der Waals surface area contributed by atoms with Crippen LogP contribution in [0, 0.1) is 0 Å². The van der Waals surface area contributed by atoms with Gasteiger partial charge >= 0.3 is 7.12 Å². The Labute approximate surface area is 124 Å². The number of primary amides is 1. The molecule has 6 heteroatoms. The lowest BCUT2D eigenvalue weighted by atomic mass is 9.78. The van der Waals surface area contributed by atoms with Gasteiger partial charge in [0.2, 0.25) is 5.91 Å². The number of hydrogen-bond donors (Lipinski definition) is 2. The smallest absolute Gasteiger partial charge is 0.494 e. The Hall–Kier alpha value is -1.79. The number of rotatable bonds is 3. The molecule has 0 aliphatic carbocycles. The third-order valence-electron chi connectivity index (χ3n) is 4.00. The van der Waals surface area contributed by atoms with Crippen molar-refractivity contribution in [1.29, 1.82) is 0 Å². The molecule has 0 unspecified atom stereocenters. The van der Waals surface area contributed by atoms with E-state index >= 15 is 0 Å². The number of hydrogen-bond acceptors (Lipinski definition) is 4. The summed E-state index contributed by atoms with van der Waals surface area (Å²) >= 11 is 0. The molecular formula is C15H20BNO4. The van der Waals surface area contributed by atoms with Crippen molar-refractivity contribution in [2.24, 2.45) is 5.73 Å². The lowest BCUT2D eigenvalue weighted by Crippen LogP contribution is -2.41. The van der Waals surface area contributed by atoms with Crippen molar-refractivity contribution in [3.05, 3.63) is 29.8 Å². The minimum atomic E-state index is -0.574. The Balaban J connectivity index is 2.30. The van der Waals surface area contributed by atoms with Gasteiger partial charge in [-0.1, -0.05) is 12.1 Å². The van der Waals surface area contributed by atoms with E-state index in [1.807, 2.05) is 27.7 Å². The van der Waals surface area contributed by atoms with Crippen LogP contribution in [0.3, 0.4) is 0 Å². The molecule has 1 saturated heterocycles. The zero-order chi connectivity index (χ0) is 15.8. The van der Waals surface area contributed by atoms with Crippen LogP contribution in [0.15, 0.2) is 24.3 Å². The molecule has 0 bridgehead atoms. The predicted octanol–water partition coefficient (Wildman–Crippen LogP) is 1.19. The molecule has 2 rings (SSSR count). The second-order valence-corrected chi connectivity index (χ2v) is 6.14. The summed E-state index contributed by atoms with van der Waals surface area (Å²) < 4.78 is 11.9. The molecule has 1 fully saturated rings. The molecule has 1 aromatic carbocycles. The number of benzene rings is 1. The van der Waals surface area contributed by atoms with Crippen molar-refractivity contribution >= 4 is 24.6 Å². The van der Waals surface area contributed by atoms with E-state index in [0.29, 0.717) is 5.56 Å². The molecule has 1 heterocycles. The monoisotopic (exact) mass is 289 g/mol. The number of amides is 1. The maximum Gasteiger partial charge on any atom is 0.494 e. The van der Waals surface area contributed by atoms with Crippen LogP contribution < -0.4 is 11.2 Å². The van der Waals surface area contributed by atoms with E-state index in [9.17, 15) is 9.90 Å². The highest BCUT2D eigenvalue weighted by atomic mass is 16.7. The standard InChI is InChI=1S/C15H20BNO4/c1-14(2)15(3,4)21-16(20-14)11-6-7-12(18)10(9-11)5-8-13(17)19/h5-9,18H,1-4H3,(H2,17,19)/b8-5+. The van der Waals surface area contributed by atoms with Gasteiger partial charge in [0.05, 0.1) is 11.2 Å². The van der Waals surface area contributed by atoms with Crippen molar-refractivity contribution in [3.63, 3.8) is 0 Å².